The molecule has 3 rings (SSSR count). The molecule has 99 heavy (non-hydrogen) atoms. The maximum absolute atomic E-state index is 11.1. The number of rotatable bonds is 28. The van der Waals surface area contributed by atoms with Gasteiger partial charge in [-0.2, -0.15) is 0 Å². The topological polar surface area (TPSA) is 125 Å². The van der Waals surface area contributed by atoms with E-state index < -0.39 is 8.07 Å². The van der Waals surface area contributed by atoms with Crippen molar-refractivity contribution in [2.24, 2.45) is 82.9 Å². The zero-order valence-electron chi connectivity index (χ0n) is 71.4. The molecule has 0 radical (unpaired) electrons. The zero-order chi connectivity index (χ0) is 78.8. The molecule has 0 aliphatic carbocycles. The first-order chi connectivity index (χ1) is 45.7. The van der Waals surface area contributed by atoms with E-state index in [9.17, 15) is 19.2 Å². The van der Waals surface area contributed by atoms with Crippen LogP contribution in [-0.2, 0) is 64.2 Å². The number of benzene rings is 3. The van der Waals surface area contributed by atoms with Crippen LogP contribution in [0, 0.1) is 82.9 Å². The van der Waals surface area contributed by atoms with Crippen LogP contribution >= 0.6 is 0 Å². The van der Waals surface area contributed by atoms with Crippen molar-refractivity contribution in [2.75, 3.05) is 19.8 Å². The quantitative estimate of drug-likeness (QED) is 0.0249. The Bertz CT molecular complexity index is 2210. The molecule has 0 saturated heterocycles. The summed E-state index contributed by atoms with van der Waals surface area (Å²) >= 11 is 0. The van der Waals surface area contributed by atoms with Gasteiger partial charge in [-0.3, -0.25) is 19.2 Å². The van der Waals surface area contributed by atoms with Crippen LogP contribution < -0.4 is 0 Å². The Labute approximate surface area is 617 Å². The van der Waals surface area contributed by atoms with E-state index in [1.54, 1.807) is 19.9 Å². The lowest BCUT2D eigenvalue weighted by atomic mass is 10.0. The van der Waals surface area contributed by atoms with Gasteiger partial charge < -0.3 is 24.1 Å². The summed E-state index contributed by atoms with van der Waals surface area (Å²) in [5.41, 5.74) is 5.74. The number of allylic oxidation sites excluding steroid dienone is 1. The number of hydrogen-bond acceptors (Lipinski definition) is 9. The van der Waals surface area contributed by atoms with Gasteiger partial charge in [0.2, 0.25) is 0 Å². The molecule has 0 spiro atoms. The molecule has 0 atom stereocenters. The number of aliphatic hydroxyl groups excluding tert-OH is 1. The minimum absolute atomic E-state index is 0.00116. The van der Waals surface area contributed by atoms with Gasteiger partial charge in [0.05, 0.1) is 51.6 Å². The highest BCUT2D eigenvalue weighted by atomic mass is 28.3. The first-order valence-electron chi connectivity index (χ1n) is 38.4. The van der Waals surface area contributed by atoms with E-state index in [0.29, 0.717) is 38.3 Å². The molecule has 1 N–H and O–H groups in total. The van der Waals surface area contributed by atoms with Crippen molar-refractivity contribution in [1.82, 2.24) is 0 Å². The summed E-state index contributed by atoms with van der Waals surface area (Å²) in [6.07, 6.45) is 13.0. The van der Waals surface area contributed by atoms with Gasteiger partial charge in [-0.15, -0.1) is 6.58 Å². The van der Waals surface area contributed by atoms with Crippen LogP contribution in [0.5, 0.6) is 0 Å². The molecule has 9 nitrogen and oxygen atoms in total. The maximum Gasteiger partial charge on any atom is 0.308 e. The SMILES string of the molecule is C=CCC(C)C.C=CCOC(=O)C(C)C.CC(C)C.CC(C)C(=O)OCc1ccccc1.CC(C)CC(C)C.CC(C)CCCCOC(=O)C(C)C.CC(C)COC(=O)C(C)C.CC(C)C[Si](C)(C)C(C)C.CC(C)Cc1ccc(CO)cc1.CC(C)Cc1ccccc1.CCC(C)C. The highest BCUT2D eigenvalue weighted by Gasteiger charge is 2.25. The molecule has 3 aromatic rings. The number of carbonyl (C=O) groups is 4. The predicted octanol–water partition coefficient (Wildman–Crippen LogP) is 26.3. The van der Waals surface area contributed by atoms with Crippen LogP contribution in [0.4, 0.5) is 0 Å². The predicted molar refractivity (Wildman–Crippen MR) is 440 cm³/mol. The fourth-order valence-electron chi connectivity index (χ4n) is 7.51. The number of hydrogen-bond donors (Lipinski definition) is 1. The highest BCUT2D eigenvalue weighted by Crippen LogP contribution is 2.28. The lowest BCUT2D eigenvalue weighted by Gasteiger charge is -2.28. The van der Waals surface area contributed by atoms with Crippen molar-refractivity contribution in [2.45, 2.75) is 311 Å². The Hall–Kier alpha value is -4.80. The number of carbonyl (C=O) groups excluding carboxylic acids is 4. The molecule has 0 heterocycles. The Morgan fingerprint density at radius 2 is 0.778 bits per heavy atom. The van der Waals surface area contributed by atoms with Crippen molar-refractivity contribution in [3.63, 3.8) is 0 Å². The van der Waals surface area contributed by atoms with Crippen LogP contribution in [0.1, 0.15) is 282 Å². The largest absolute Gasteiger partial charge is 0.465 e. The van der Waals surface area contributed by atoms with Crippen LogP contribution in [0.25, 0.3) is 0 Å². The molecular weight excluding hydrogens is 1240 g/mol. The summed E-state index contributed by atoms with van der Waals surface area (Å²) in [4.78, 5) is 43.6. The second-order valence-electron chi connectivity index (χ2n) is 32.6. The van der Waals surface area contributed by atoms with Crippen molar-refractivity contribution in [3.8, 4) is 0 Å². The molecule has 0 fully saturated rings. The van der Waals surface area contributed by atoms with Gasteiger partial charge in [0, 0.05) is 0 Å². The van der Waals surface area contributed by atoms with Crippen molar-refractivity contribution in [1.29, 1.82) is 0 Å². The van der Waals surface area contributed by atoms with Crippen LogP contribution in [0.3, 0.4) is 0 Å². The van der Waals surface area contributed by atoms with Crippen molar-refractivity contribution < 1.29 is 43.2 Å². The van der Waals surface area contributed by atoms with Crippen molar-refractivity contribution >= 4 is 32.0 Å². The molecule has 580 valence electrons. The van der Waals surface area contributed by atoms with E-state index in [2.05, 4.69) is 221 Å². The Morgan fingerprint density at radius 3 is 1.05 bits per heavy atom. The Kier molecular flexibility index (Phi) is 81.2. The van der Waals surface area contributed by atoms with Crippen molar-refractivity contribution in [3.05, 3.63) is 132 Å². The third kappa shape index (κ3) is 97.4. The summed E-state index contributed by atoms with van der Waals surface area (Å²) in [7, 11) is -0.844. The second-order valence-corrected chi connectivity index (χ2v) is 38.1. The first kappa shape index (κ1) is 110. The number of ether oxygens (including phenoxy) is 4. The third-order valence-electron chi connectivity index (χ3n) is 13.7. The van der Waals surface area contributed by atoms with Crippen LogP contribution in [0.2, 0.25) is 24.7 Å². The van der Waals surface area contributed by atoms with E-state index >= 15 is 0 Å². The lowest BCUT2D eigenvalue weighted by Crippen LogP contribution is -2.30. The second kappa shape index (κ2) is 73.0. The van der Waals surface area contributed by atoms with Gasteiger partial charge in [0.25, 0.3) is 0 Å². The lowest BCUT2D eigenvalue weighted by molar-refractivity contribution is -0.149. The summed E-state index contributed by atoms with van der Waals surface area (Å²) < 4.78 is 19.7. The fraction of sp³-hybridized carbons (Fsp3) is 0.708. The molecule has 0 amide bonds. The number of esters is 4. The minimum Gasteiger partial charge on any atom is -0.465 e. The van der Waals surface area contributed by atoms with Crippen LogP contribution in [-0.4, -0.2) is 56.9 Å². The molecular formula is C89H166O9Si. The Morgan fingerprint density at radius 1 is 0.414 bits per heavy atom. The standard InChI is InChI=1S/C11H14O2.C11H22O2.C11H16O.C10H14.C9H22Si.C8H16O2.C7H12O2.C7H16.C6H12.C5H12.C4H10/c1-9(2)11(12)13-8-10-6-4-3-5-7-10;1-9(2)7-5-6-8-13-11(12)10(3)4;1-9(2)7-10-3-5-11(8-12)6-4-10;1-9(2)8-10-6-4-3-5-7-10;1-8(2)7-10(5,6)9(3)4;1-6(2)5-10-8(9)7(3)4;1-4-5-9-7(8)6(2)3;1-6(2)5-7(3)4;1-4-5-6(2)3;1-4-5(2)3;1-4(2)3/h3-7,9H,8H2,1-2H3;9-10H,5-8H2,1-4H3;3-6,9,12H,7-8H2,1-2H3;3-7,9H,8H2,1-2H3;8-9H,7H2,1-6H3;6-7H,5H2,1-4H3;4,6H,1,5H2,2-3H3;6-7H,5H2,1-4H3;4,6H,1,5H2,2-3H3;5H,4H2,1-3H3;4H,1-3H3. The highest BCUT2D eigenvalue weighted by molar-refractivity contribution is 6.78. The molecule has 0 aromatic heterocycles. The molecule has 0 bridgehead atoms. The van der Waals surface area contributed by atoms with E-state index in [0.717, 1.165) is 89.7 Å². The minimum atomic E-state index is -0.844. The summed E-state index contributed by atoms with van der Waals surface area (Å²) in [6, 6.07) is 29.9. The van der Waals surface area contributed by atoms with Crippen LogP contribution in [0.15, 0.2) is 110 Å². The van der Waals surface area contributed by atoms with Gasteiger partial charge in [0.15, 0.2) is 0 Å². The maximum atomic E-state index is 11.1. The van der Waals surface area contributed by atoms with Gasteiger partial charge in [-0.25, -0.2) is 0 Å². The smallest absolute Gasteiger partial charge is 0.308 e. The van der Waals surface area contributed by atoms with E-state index in [4.69, 9.17) is 24.1 Å². The zero-order valence-corrected chi connectivity index (χ0v) is 72.4. The molecule has 0 saturated carbocycles. The van der Waals surface area contributed by atoms with Gasteiger partial charge in [-0.1, -0.05) is 363 Å². The fourth-order valence-corrected chi connectivity index (χ4v) is 10.1. The normalized spacial score (nSPS) is 10.5. The molecule has 3 aromatic carbocycles. The third-order valence-corrected chi connectivity index (χ3v) is 18.7. The van der Waals surface area contributed by atoms with Gasteiger partial charge in [0.1, 0.15) is 13.2 Å². The summed E-state index contributed by atoms with van der Waals surface area (Å²) in [5.74, 6) is 7.20. The Balaban J connectivity index is -0.000000155. The number of aliphatic hydroxyl groups is 1. The monoisotopic (exact) mass is 1410 g/mol. The average Bonchev–Trinajstić information content (AvgIpc) is 0.969. The summed E-state index contributed by atoms with van der Waals surface area (Å²) in [6.45, 7) is 81.9. The average molecular weight is 1410 g/mol. The molecule has 10 heteroatoms. The van der Waals surface area contributed by atoms with E-state index in [1.165, 1.54) is 42.9 Å². The molecule has 0 unspecified atom stereocenters. The van der Waals surface area contributed by atoms with E-state index in [-0.39, 0.29) is 54.2 Å². The number of unbranched alkanes of at least 4 members (excludes halogenated alkanes) is 1. The van der Waals surface area contributed by atoms with E-state index in [1.807, 2.05) is 104 Å². The molecule has 0 aliphatic heterocycles. The van der Waals surface area contributed by atoms with Gasteiger partial charge in [-0.05, 0) is 120 Å². The molecule has 0 aliphatic rings. The first-order valence-corrected chi connectivity index (χ1v) is 41.7. The summed E-state index contributed by atoms with van der Waals surface area (Å²) in [5, 5.41) is 8.81. The van der Waals surface area contributed by atoms with Gasteiger partial charge >= 0.3 is 23.9 Å².